The molecule has 3 nitrogen and oxygen atoms in total. The van der Waals surface area contributed by atoms with Crippen molar-refractivity contribution in [2.45, 2.75) is 13.3 Å². The Balaban J connectivity index is 2.27. The van der Waals surface area contributed by atoms with E-state index >= 15 is 0 Å². The van der Waals surface area contributed by atoms with Crippen LogP contribution in [0.15, 0.2) is 48.5 Å². The highest BCUT2D eigenvalue weighted by Gasteiger charge is 2.07. The van der Waals surface area contributed by atoms with E-state index in [-0.39, 0.29) is 5.78 Å². The molecule has 0 aliphatic heterocycles. The largest absolute Gasteiger partial charge is 0.345 e. The standard InChI is InChI=1S/C17H16N2O/c1-3-17(20)14-7-9-15(10-8-14)19(2)16-6-4-5-13(11-16)12-18/h4-11H,3H2,1-2H3. The first kappa shape index (κ1) is 13.8. The van der Waals surface area contributed by atoms with E-state index in [0.29, 0.717) is 12.0 Å². The highest BCUT2D eigenvalue weighted by Crippen LogP contribution is 2.24. The molecule has 0 radical (unpaired) electrons. The fourth-order valence-electron chi connectivity index (χ4n) is 2.01. The Morgan fingerprint density at radius 1 is 1.15 bits per heavy atom. The molecule has 0 spiro atoms. The van der Waals surface area contributed by atoms with Crippen molar-refractivity contribution in [1.29, 1.82) is 5.26 Å². The highest BCUT2D eigenvalue weighted by atomic mass is 16.1. The molecule has 0 unspecified atom stereocenters. The summed E-state index contributed by atoms with van der Waals surface area (Å²) >= 11 is 0. The number of hydrogen-bond acceptors (Lipinski definition) is 3. The van der Waals surface area contributed by atoms with Gasteiger partial charge in [-0.15, -0.1) is 0 Å². The summed E-state index contributed by atoms with van der Waals surface area (Å²) in [6, 6.07) is 17.1. The van der Waals surface area contributed by atoms with Gasteiger partial charge < -0.3 is 4.90 Å². The molecule has 0 saturated heterocycles. The molecule has 0 heterocycles. The molecule has 0 aromatic heterocycles. The molecular weight excluding hydrogens is 248 g/mol. The monoisotopic (exact) mass is 264 g/mol. The predicted octanol–water partition coefficient (Wildman–Crippen LogP) is 3.92. The van der Waals surface area contributed by atoms with Gasteiger partial charge in [-0.05, 0) is 42.5 Å². The van der Waals surface area contributed by atoms with Crippen LogP contribution in [0.1, 0.15) is 29.3 Å². The second-order valence-electron chi connectivity index (χ2n) is 4.54. The van der Waals surface area contributed by atoms with Crippen LogP contribution in [0.3, 0.4) is 0 Å². The van der Waals surface area contributed by atoms with E-state index in [1.807, 2.05) is 61.3 Å². The zero-order chi connectivity index (χ0) is 14.5. The number of anilines is 2. The molecular formula is C17H16N2O. The average molecular weight is 264 g/mol. The van der Waals surface area contributed by atoms with Crippen molar-refractivity contribution < 1.29 is 4.79 Å². The maximum atomic E-state index is 11.6. The van der Waals surface area contributed by atoms with Crippen LogP contribution < -0.4 is 4.90 Å². The van der Waals surface area contributed by atoms with Crippen LogP contribution in [0.2, 0.25) is 0 Å². The zero-order valence-electron chi connectivity index (χ0n) is 11.6. The van der Waals surface area contributed by atoms with Crippen LogP contribution in [0.5, 0.6) is 0 Å². The number of carbonyl (C=O) groups is 1. The Labute approximate surface area is 119 Å². The maximum absolute atomic E-state index is 11.6. The van der Waals surface area contributed by atoms with Crippen molar-refractivity contribution in [2.24, 2.45) is 0 Å². The second-order valence-corrected chi connectivity index (χ2v) is 4.54. The molecule has 20 heavy (non-hydrogen) atoms. The zero-order valence-corrected chi connectivity index (χ0v) is 11.6. The summed E-state index contributed by atoms with van der Waals surface area (Å²) in [6.07, 6.45) is 0.513. The molecule has 0 aliphatic carbocycles. The van der Waals surface area contributed by atoms with Gasteiger partial charge in [0.05, 0.1) is 11.6 Å². The molecule has 100 valence electrons. The van der Waals surface area contributed by atoms with Crippen molar-refractivity contribution in [1.82, 2.24) is 0 Å². The fraction of sp³-hybridized carbons (Fsp3) is 0.176. The summed E-state index contributed by atoms with van der Waals surface area (Å²) in [7, 11) is 1.94. The molecule has 0 bridgehead atoms. The van der Waals surface area contributed by atoms with Gasteiger partial charge in [-0.25, -0.2) is 0 Å². The lowest BCUT2D eigenvalue weighted by molar-refractivity contribution is 0.0988. The van der Waals surface area contributed by atoms with Crippen LogP contribution in [-0.4, -0.2) is 12.8 Å². The Morgan fingerprint density at radius 2 is 1.85 bits per heavy atom. The number of Topliss-reactive ketones (excluding diaryl/α,β-unsaturated/α-hetero) is 1. The predicted molar refractivity (Wildman–Crippen MR) is 80.3 cm³/mol. The van der Waals surface area contributed by atoms with Gasteiger partial charge in [0, 0.05) is 30.4 Å². The first-order valence-electron chi connectivity index (χ1n) is 6.53. The summed E-state index contributed by atoms with van der Waals surface area (Å²) in [4.78, 5) is 13.6. The van der Waals surface area contributed by atoms with Gasteiger partial charge in [-0.3, -0.25) is 4.79 Å². The van der Waals surface area contributed by atoms with Gasteiger partial charge in [0.1, 0.15) is 0 Å². The molecule has 3 heteroatoms. The third-order valence-electron chi connectivity index (χ3n) is 3.26. The van der Waals surface area contributed by atoms with Crippen LogP contribution in [0.25, 0.3) is 0 Å². The summed E-state index contributed by atoms with van der Waals surface area (Å²) in [6.45, 7) is 1.86. The normalized spacial score (nSPS) is 9.85. The van der Waals surface area contributed by atoms with E-state index in [1.165, 1.54) is 0 Å². The topological polar surface area (TPSA) is 44.1 Å². The Morgan fingerprint density at radius 3 is 2.45 bits per heavy atom. The number of rotatable bonds is 4. The van der Waals surface area contributed by atoms with Crippen LogP contribution in [0, 0.1) is 11.3 Å². The van der Waals surface area contributed by atoms with Gasteiger partial charge in [-0.1, -0.05) is 13.0 Å². The summed E-state index contributed by atoms with van der Waals surface area (Å²) in [5.74, 6) is 0.144. The molecule has 2 aromatic carbocycles. The van der Waals surface area contributed by atoms with Gasteiger partial charge >= 0.3 is 0 Å². The van der Waals surface area contributed by atoms with E-state index in [4.69, 9.17) is 5.26 Å². The lowest BCUT2D eigenvalue weighted by Crippen LogP contribution is -2.09. The summed E-state index contributed by atoms with van der Waals surface area (Å²) < 4.78 is 0. The summed E-state index contributed by atoms with van der Waals surface area (Å²) in [5, 5.41) is 8.93. The van der Waals surface area contributed by atoms with Crippen molar-refractivity contribution >= 4 is 17.2 Å². The number of benzene rings is 2. The SMILES string of the molecule is CCC(=O)c1ccc(N(C)c2cccc(C#N)c2)cc1. The number of carbonyl (C=O) groups excluding carboxylic acids is 1. The van der Waals surface area contributed by atoms with Crippen molar-refractivity contribution in [3.63, 3.8) is 0 Å². The smallest absolute Gasteiger partial charge is 0.162 e. The molecule has 0 N–H and O–H groups in total. The van der Waals surface area contributed by atoms with E-state index in [0.717, 1.165) is 16.9 Å². The highest BCUT2D eigenvalue weighted by molar-refractivity contribution is 5.96. The summed E-state index contributed by atoms with van der Waals surface area (Å²) in [5.41, 5.74) is 3.29. The van der Waals surface area contributed by atoms with Gasteiger partial charge in [-0.2, -0.15) is 5.26 Å². The third-order valence-corrected chi connectivity index (χ3v) is 3.26. The maximum Gasteiger partial charge on any atom is 0.162 e. The number of hydrogen-bond donors (Lipinski definition) is 0. The van der Waals surface area contributed by atoms with Gasteiger partial charge in [0.25, 0.3) is 0 Å². The molecule has 2 aromatic rings. The first-order chi connectivity index (χ1) is 9.65. The van der Waals surface area contributed by atoms with E-state index in [9.17, 15) is 4.79 Å². The Kier molecular flexibility index (Phi) is 4.17. The number of ketones is 1. The third kappa shape index (κ3) is 2.86. The molecule has 0 saturated carbocycles. The van der Waals surface area contributed by atoms with E-state index in [1.54, 1.807) is 6.07 Å². The molecule has 2 rings (SSSR count). The van der Waals surface area contributed by atoms with Gasteiger partial charge in [0.15, 0.2) is 5.78 Å². The lowest BCUT2D eigenvalue weighted by atomic mass is 10.1. The molecule has 0 fully saturated rings. The minimum atomic E-state index is 0.144. The number of nitriles is 1. The molecule has 0 amide bonds. The number of nitrogens with zero attached hydrogens (tertiary/aromatic N) is 2. The quantitative estimate of drug-likeness (QED) is 0.786. The van der Waals surface area contributed by atoms with Crippen molar-refractivity contribution in [3.8, 4) is 6.07 Å². The average Bonchev–Trinajstić information content (AvgIpc) is 2.53. The van der Waals surface area contributed by atoms with E-state index < -0.39 is 0 Å². The Bertz CT molecular complexity index is 653. The van der Waals surface area contributed by atoms with Gasteiger partial charge in [0.2, 0.25) is 0 Å². The fourth-order valence-corrected chi connectivity index (χ4v) is 2.01. The lowest BCUT2D eigenvalue weighted by Gasteiger charge is -2.19. The van der Waals surface area contributed by atoms with Crippen LogP contribution >= 0.6 is 0 Å². The first-order valence-corrected chi connectivity index (χ1v) is 6.53. The minimum absolute atomic E-state index is 0.144. The van der Waals surface area contributed by atoms with Crippen molar-refractivity contribution in [3.05, 3.63) is 59.7 Å². The van der Waals surface area contributed by atoms with Crippen molar-refractivity contribution in [2.75, 3.05) is 11.9 Å². The Hall–Kier alpha value is -2.60. The molecule has 0 aliphatic rings. The van der Waals surface area contributed by atoms with Crippen LogP contribution in [0.4, 0.5) is 11.4 Å². The van der Waals surface area contributed by atoms with Crippen LogP contribution in [-0.2, 0) is 0 Å². The second kappa shape index (κ2) is 6.03. The van der Waals surface area contributed by atoms with E-state index in [2.05, 4.69) is 6.07 Å². The minimum Gasteiger partial charge on any atom is -0.345 e. The molecule has 0 atom stereocenters.